The van der Waals surface area contributed by atoms with Crippen molar-refractivity contribution in [1.29, 1.82) is 0 Å². The molecule has 0 N–H and O–H groups in total. The molecule has 0 aliphatic heterocycles. The maximum Gasteiger partial charge on any atom is 0.134 e. The third-order valence-corrected chi connectivity index (χ3v) is 2.87. The molecule has 0 aliphatic carbocycles. The molecule has 0 saturated heterocycles. The van der Waals surface area contributed by atoms with Gasteiger partial charge in [-0.15, -0.1) is 0 Å². The van der Waals surface area contributed by atoms with Crippen molar-refractivity contribution in [2.45, 2.75) is 32.6 Å². The van der Waals surface area contributed by atoms with Gasteiger partial charge in [0.05, 0.1) is 0 Å². The Morgan fingerprint density at radius 1 is 1.38 bits per heavy atom. The number of fused-ring (bicyclic) bond motifs is 1. The Morgan fingerprint density at radius 3 is 2.75 bits per heavy atom. The normalized spacial score (nSPS) is 12.9. The van der Waals surface area contributed by atoms with Crippen molar-refractivity contribution in [3.05, 3.63) is 36.1 Å². The van der Waals surface area contributed by atoms with Gasteiger partial charge in [-0.25, -0.2) is 0 Å². The molecule has 2 nitrogen and oxygen atoms in total. The van der Waals surface area contributed by atoms with Gasteiger partial charge in [0, 0.05) is 17.7 Å². The first-order valence-electron chi connectivity index (χ1n) is 5.68. The molecule has 16 heavy (non-hydrogen) atoms. The average Bonchev–Trinajstić information content (AvgIpc) is 2.68. The van der Waals surface area contributed by atoms with Crippen LogP contribution in [0.3, 0.4) is 0 Å². The minimum absolute atomic E-state index is 0.213. The van der Waals surface area contributed by atoms with Gasteiger partial charge in [0.2, 0.25) is 0 Å². The summed E-state index contributed by atoms with van der Waals surface area (Å²) in [4.78, 5) is 11.2. The van der Waals surface area contributed by atoms with E-state index in [1.165, 1.54) is 0 Å². The zero-order valence-electron chi connectivity index (χ0n) is 9.69. The fourth-order valence-corrected chi connectivity index (χ4v) is 2.00. The van der Waals surface area contributed by atoms with Gasteiger partial charge in [0.25, 0.3) is 0 Å². The van der Waals surface area contributed by atoms with Crippen molar-refractivity contribution in [2.24, 2.45) is 0 Å². The zero-order valence-corrected chi connectivity index (χ0v) is 9.69. The van der Waals surface area contributed by atoms with Crippen molar-refractivity contribution < 1.29 is 9.21 Å². The van der Waals surface area contributed by atoms with Crippen molar-refractivity contribution in [3.63, 3.8) is 0 Å². The molecular formula is C14H16O2. The van der Waals surface area contributed by atoms with Crippen LogP contribution in [0.1, 0.15) is 38.4 Å². The lowest BCUT2D eigenvalue weighted by molar-refractivity contribution is -0.117. The molecule has 0 saturated carbocycles. The second-order valence-electron chi connectivity index (χ2n) is 4.20. The Kier molecular flexibility index (Phi) is 3.09. The highest BCUT2D eigenvalue weighted by Crippen LogP contribution is 2.29. The summed E-state index contributed by atoms with van der Waals surface area (Å²) < 4.78 is 5.77. The minimum atomic E-state index is 0.213. The van der Waals surface area contributed by atoms with Gasteiger partial charge < -0.3 is 9.21 Å². The van der Waals surface area contributed by atoms with Gasteiger partial charge in [-0.1, -0.05) is 25.1 Å². The average molecular weight is 216 g/mol. The number of furan rings is 1. The molecule has 2 heteroatoms. The highest BCUT2D eigenvalue weighted by molar-refractivity contribution is 5.79. The van der Waals surface area contributed by atoms with E-state index in [-0.39, 0.29) is 11.7 Å². The monoisotopic (exact) mass is 216 g/mol. The number of hydrogen-bond acceptors (Lipinski definition) is 2. The number of para-hydroxylation sites is 1. The first-order chi connectivity index (χ1) is 7.70. The summed E-state index contributed by atoms with van der Waals surface area (Å²) in [6.45, 7) is 3.71. The number of carbonyl (C=O) groups is 1. The number of benzene rings is 1. The van der Waals surface area contributed by atoms with Crippen LogP contribution in [0.5, 0.6) is 0 Å². The smallest absolute Gasteiger partial charge is 0.134 e. The Bertz CT molecular complexity index is 463. The third-order valence-electron chi connectivity index (χ3n) is 2.87. The van der Waals surface area contributed by atoms with Gasteiger partial charge in [-0.05, 0) is 25.5 Å². The largest absolute Gasteiger partial charge is 0.461 e. The number of hydrogen-bond donors (Lipinski definition) is 0. The van der Waals surface area contributed by atoms with Crippen LogP contribution in [-0.4, -0.2) is 5.78 Å². The molecule has 0 fully saturated rings. The second kappa shape index (κ2) is 4.52. The predicted octanol–water partition coefficient (Wildman–Crippen LogP) is 3.91. The molecule has 0 bridgehead atoms. The summed E-state index contributed by atoms with van der Waals surface area (Å²) in [6, 6.07) is 9.99. The summed E-state index contributed by atoms with van der Waals surface area (Å²) in [6.07, 6.45) is 1.50. The van der Waals surface area contributed by atoms with Crippen LogP contribution in [-0.2, 0) is 4.79 Å². The van der Waals surface area contributed by atoms with Crippen LogP contribution in [0.2, 0.25) is 0 Å². The molecule has 84 valence electrons. The Hall–Kier alpha value is -1.57. The van der Waals surface area contributed by atoms with Gasteiger partial charge in [-0.2, -0.15) is 0 Å². The van der Waals surface area contributed by atoms with Crippen LogP contribution in [0.25, 0.3) is 11.0 Å². The lowest BCUT2D eigenvalue weighted by Crippen LogP contribution is -2.01. The zero-order chi connectivity index (χ0) is 11.5. The number of Topliss-reactive ketones (excluding diaryl/α,β-unsaturated/α-hetero) is 1. The van der Waals surface area contributed by atoms with E-state index < -0.39 is 0 Å². The Morgan fingerprint density at radius 2 is 2.12 bits per heavy atom. The topological polar surface area (TPSA) is 30.2 Å². The maximum absolute atomic E-state index is 11.2. The molecule has 1 heterocycles. The molecule has 2 rings (SSSR count). The summed E-state index contributed by atoms with van der Waals surface area (Å²) in [5, 5.41) is 1.11. The van der Waals surface area contributed by atoms with Crippen LogP contribution in [0.15, 0.2) is 34.7 Å². The van der Waals surface area contributed by atoms with E-state index in [0.29, 0.717) is 6.42 Å². The summed E-state index contributed by atoms with van der Waals surface area (Å²) in [7, 11) is 0. The van der Waals surface area contributed by atoms with Crippen LogP contribution in [0, 0.1) is 0 Å². The van der Waals surface area contributed by atoms with E-state index in [0.717, 1.165) is 23.2 Å². The highest BCUT2D eigenvalue weighted by Gasteiger charge is 2.16. The second-order valence-corrected chi connectivity index (χ2v) is 4.20. The number of rotatable bonds is 4. The van der Waals surface area contributed by atoms with Crippen molar-refractivity contribution in [1.82, 2.24) is 0 Å². The SMILES string of the molecule is CCC(CC(C)=O)c1cc2ccccc2o1. The minimum Gasteiger partial charge on any atom is -0.461 e. The van der Waals surface area contributed by atoms with Crippen LogP contribution in [0.4, 0.5) is 0 Å². The maximum atomic E-state index is 11.2. The van der Waals surface area contributed by atoms with Gasteiger partial charge in [-0.3, -0.25) is 0 Å². The highest BCUT2D eigenvalue weighted by atomic mass is 16.3. The lowest BCUT2D eigenvalue weighted by Gasteiger charge is -2.08. The molecule has 0 spiro atoms. The van der Waals surface area contributed by atoms with E-state index in [4.69, 9.17) is 4.42 Å². The Labute approximate surface area is 95.3 Å². The molecule has 0 radical (unpaired) electrons. The van der Waals surface area contributed by atoms with Gasteiger partial charge in [0.1, 0.15) is 17.1 Å². The predicted molar refractivity (Wildman–Crippen MR) is 64.5 cm³/mol. The summed E-state index contributed by atoms with van der Waals surface area (Å²) in [5.41, 5.74) is 0.902. The first-order valence-corrected chi connectivity index (χ1v) is 5.68. The van der Waals surface area contributed by atoms with Crippen molar-refractivity contribution in [2.75, 3.05) is 0 Å². The molecule has 1 aromatic carbocycles. The molecule has 2 aromatic rings. The summed E-state index contributed by atoms with van der Waals surface area (Å²) >= 11 is 0. The molecule has 1 aromatic heterocycles. The summed E-state index contributed by atoms with van der Waals surface area (Å²) in [5.74, 6) is 1.36. The molecular weight excluding hydrogens is 200 g/mol. The van der Waals surface area contributed by atoms with Gasteiger partial charge >= 0.3 is 0 Å². The van der Waals surface area contributed by atoms with E-state index in [1.807, 2.05) is 30.3 Å². The standard InChI is InChI=1S/C14H16O2/c1-3-11(8-10(2)15)14-9-12-6-4-5-7-13(12)16-14/h4-7,9,11H,3,8H2,1-2H3. The van der Waals surface area contributed by atoms with Crippen molar-refractivity contribution in [3.8, 4) is 0 Å². The molecule has 1 atom stereocenters. The molecule has 0 aliphatic rings. The quantitative estimate of drug-likeness (QED) is 0.775. The molecule has 0 amide bonds. The number of carbonyl (C=O) groups excluding carboxylic acids is 1. The van der Waals surface area contributed by atoms with Crippen molar-refractivity contribution >= 4 is 16.8 Å². The lowest BCUT2D eigenvalue weighted by atomic mass is 9.97. The third kappa shape index (κ3) is 2.16. The molecule has 1 unspecified atom stereocenters. The number of ketones is 1. The Balaban J connectivity index is 2.34. The van der Waals surface area contributed by atoms with Crippen LogP contribution < -0.4 is 0 Å². The first kappa shape index (κ1) is 10.9. The van der Waals surface area contributed by atoms with E-state index >= 15 is 0 Å². The van der Waals surface area contributed by atoms with Crippen LogP contribution >= 0.6 is 0 Å². The van der Waals surface area contributed by atoms with E-state index in [2.05, 4.69) is 6.92 Å². The fraction of sp³-hybridized carbons (Fsp3) is 0.357. The fourth-order valence-electron chi connectivity index (χ4n) is 2.00. The van der Waals surface area contributed by atoms with E-state index in [9.17, 15) is 4.79 Å². The van der Waals surface area contributed by atoms with Gasteiger partial charge in [0.15, 0.2) is 0 Å². The van der Waals surface area contributed by atoms with E-state index in [1.54, 1.807) is 6.92 Å².